The summed E-state index contributed by atoms with van der Waals surface area (Å²) in [6, 6.07) is 12.6. The van der Waals surface area contributed by atoms with Gasteiger partial charge in [0, 0.05) is 18.7 Å². The Hall–Kier alpha value is -3.38. The first-order valence-electron chi connectivity index (χ1n) is 12.7. The molecule has 2 aromatic carbocycles. The normalized spacial score (nSPS) is 17.3. The Kier molecular flexibility index (Phi) is 9.10. The van der Waals surface area contributed by atoms with Crippen LogP contribution in [-0.2, 0) is 9.59 Å². The van der Waals surface area contributed by atoms with Crippen molar-refractivity contribution in [2.45, 2.75) is 46.6 Å². The van der Waals surface area contributed by atoms with Gasteiger partial charge in [0.1, 0.15) is 18.1 Å². The molecule has 1 unspecified atom stereocenters. The second-order valence-corrected chi connectivity index (χ2v) is 9.42. The molecule has 0 bridgehead atoms. The van der Waals surface area contributed by atoms with Crippen LogP contribution in [0, 0.1) is 6.92 Å². The fourth-order valence-electron chi connectivity index (χ4n) is 4.60. The molecule has 1 amide bonds. The SMILES string of the molecule is C=CCOc1ccc(/C(O)=C2\C(=O)C(=O)N(CCN(CC)CC)C2c2ccc(C(C)C)cc2)c(C)c1. The fraction of sp³-hybridized carbons (Fsp3) is 0.400. The molecule has 1 N–H and O–H groups in total. The van der Waals surface area contributed by atoms with Gasteiger partial charge in [0.15, 0.2) is 0 Å². The number of likely N-dealkylation sites (tertiary alicyclic amines) is 1. The highest BCUT2D eigenvalue weighted by Crippen LogP contribution is 2.40. The second kappa shape index (κ2) is 12.0. The molecular formula is C30H38N2O4. The molecule has 3 rings (SSSR count). The van der Waals surface area contributed by atoms with Gasteiger partial charge >= 0.3 is 0 Å². The Bertz CT molecular complexity index is 1130. The number of likely N-dealkylation sites (N-methyl/N-ethyl adjacent to an activating group) is 1. The summed E-state index contributed by atoms with van der Waals surface area (Å²) in [5, 5.41) is 11.4. The van der Waals surface area contributed by atoms with E-state index in [2.05, 4.69) is 39.2 Å². The molecule has 0 spiro atoms. The largest absolute Gasteiger partial charge is 0.507 e. The molecule has 0 saturated carbocycles. The highest BCUT2D eigenvalue weighted by atomic mass is 16.5. The van der Waals surface area contributed by atoms with Crippen LogP contribution in [0.25, 0.3) is 5.76 Å². The van der Waals surface area contributed by atoms with E-state index in [4.69, 9.17) is 4.74 Å². The van der Waals surface area contributed by atoms with Crippen molar-refractivity contribution in [3.8, 4) is 5.75 Å². The maximum absolute atomic E-state index is 13.3. The number of carbonyl (C=O) groups excluding carboxylic acids is 2. The zero-order valence-electron chi connectivity index (χ0n) is 22.1. The van der Waals surface area contributed by atoms with Gasteiger partial charge in [-0.2, -0.15) is 0 Å². The highest BCUT2D eigenvalue weighted by molar-refractivity contribution is 6.46. The van der Waals surface area contributed by atoms with Crippen molar-refractivity contribution in [2.24, 2.45) is 0 Å². The van der Waals surface area contributed by atoms with Gasteiger partial charge < -0.3 is 19.6 Å². The van der Waals surface area contributed by atoms with E-state index < -0.39 is 17.7 Å². The Labute approximate surface area is 214 Å². The Morgan fingerprint density at radius 2 is 1.81 bits per heavy atom. The summed E-state index contributed by atoms with van der Waals surface area (Å²) in [5.41, 5.74) is 3.36. The average Bonchev–Trinajstić information content (AvgIpc) is 3.12. The maximum atomic E-state index is 13.3. The van der Waals surface area contributed by atoms with Crippen molar-refractivity contribution in [2.75, 3.05) is 32.8 Å². The number of nitrogens with zero attached hydrogens (tertiary/aromatic N) is 2. The molecule has 1 atom stereocenters. The van der Waals surface area contributed by atoms with E-state index in [0.717, 1.165) is 24.2 Å². The molecular weight excluding hydrogens is 452 g/mol. The van der Waals surface area contributed by atoms with Crippen molar-refractivity contribution in [1.29, 1.82) is 0 Å². The number of hydrogen-bond donors (Lipinski definition) is 1. The first kappa shape index (κ1) is 27.2. The Morgan fingerprint density at radius 1 is 1.14 bits per heavy atom. The Morgan fingerprint density at radius 3 is 2.36 bits per heavy atom. The number of hydrogen-bond acceptors (Lipinski definition) is 5. The number of aryl methyl sites for hydroxylation is 1. The predicted molar refractivity (Wildman–Crippen MR) is 144 cm³/mol. The predicted octanol–water partition coefficient (Wildman–Crippen LogP) is 5.45. The van der Waals surface area contributed by atoms with E-state index in [9.17, 15) is 14.7 Å². The van der Waals surface area contributed by atoms with E-state index >= 15 is 0 Å². The minimum atomic E-state index is -0.656. The molecule has 1 aliphatic rings. The third kappa shape index (κ3) is 5.71. The van der Waals surface area contributed by atoms with Crippen LogP contribution in [0.1, 0.15) is 61.9 Å². The van der Waals surface area contributed by atoms with Crippen LogP contribution in [0.4, 0.5) is 0 Å². The number of Topliss-reactive ketones (excluding diaryl/α,β-unsaturated/α-hetero) is 1. The minimum Gasteiger partial charge on any atom is -0.507 e. The number of aliphatic hydroxyl groups excluding tert-OH is 1. The lowest BCUT2D eigenvalue weighted by Crippen LogP contribution is -2.38. The van der Waals surface area contributed by atoms with Crippen LogP contribution in [0.15, 0.2) is 60.7 Å². The number of ketones is 1. The van der Waals surface area contributed by atoms with Gasteiger partial charge in [0.2, 0.25) is 0 Å². The number of ether oxygens (including phenoxy) is 1. The molecule has 6 heteroatoms. The molecule has 0 radical (unpaired) electrons. The number of aliphatic hydroxyl groups is 1. The van der Waals surface area contributed by atoms with Crippen molar-refractivity contribution < 1.29 is 19.4 Å². The molecule has 2 aromatic rings. The molecule has 1 aliphatic heterocycles. The molecule has 0 aromatic heterocycles. The molecule has 192 valence electrons. The molecule has 1 fully saturated rings. The zero-order valence-corrected chi connectivity index (χ0v) is 22.1. The van der Waals surface area contributed by atoms with Crippen molar-refractivity contribution >= 4 is 17.4 Å². The second-order valence-electron chi connectivity index (χ2n) is 9.42. The summed E-state index contributed by atoms with van der Waals surface area (Å²) in [7, 11) is 0. The minimum absolute atomic E-state index is 0.125. The van der Waals surface area contributed by atoms with E-state index in [1.807, 2.05) is 31.2 Å². The number of rotatable bonds is 11. The quantitative estimate of drug-likeness (QED) is 0.196. The molecule has 36 heavy (non-hydrogen) atoms. The van der Waals surface area contributed by atoms with Crippen LogP contribution in [0.3, 0.4) is 0 Å². The van der Waals surface area contributed by atoms with Gasteiger partial charge in [-0.3, -0.25) is 9.59 Å². The number of amides is 1. The van der Waals surface area contributed by atoms with Crippen molar-refractivity contribution in [3.05, 3.63) is 82.9 Å². The lowest BCUT2D eigenvalue weighted by Gasteiger charge is -2.28. The number of benzene rings is 2. The van der Waals surface area contributed by atoms with Crippen LogP contribution in [0.2, 0.25) is 0 Å². The highest BCUT2D eigenvalue weighted by Gasteiger charge is 2.46. The summed E-state index contributed by atoms with van der Waals surface area (Å²) < 4.78 is 5.60. The first-order valence-corrected chi connectivity index (χ1v) is 12.7. The van der Waals surface area contributed by atoms with Gasteiger partial charge in [0.25, 0.3) is 11.7 Å². The molecule has 6 nitrogen and oxygen atoms in total. The van der Waals surface area contributed by atoms with Crippen LogP contribution in [0.5, 0.6) is 5.75 Å². The van der Waals surface area contributed by atoms with Gasteiger partial charge in [-0.25, -0.2) is 0 Å². The van der Waals surface area contributed by atoms with Crippen molar-refractivity contribution in [3.63, 3.8) is 0 Å². The zero-order chi connectivity index (χ0) is 26.4. The van der Waals surface area contributed by atoms with Crippen molar-refractivity contribution in [1.82, 2.24) is 9.80 Å². The molecule has 1 saturated heterocycles. The van der Waals surface area contributed by atoms with Crippen LogP contribution < -0.4 is 4.74 Å². The lowest BCUT2D eigenvalue weighted by molar-refractivity contribution is -0.140. The summed E-state index contributed by atoms with van der Waals surface area (Å²) >= 11 is 0. The van der Waals surface area contributed by atoms with Crippen LogP contribution in [-0.4, -0.2) is 59.4 Å². The number of carbonyl (C=O) groups is 2. The molecule has 0 aliphatic carbocycles. The van der Waals surface area contributed by atoms with Gasteiger partial charge in [-0.15, -0.1) is 0 Å². The van der Waals surface area contributed by atoms with Gasteiger partial charge in [-0.1, -0.05) is 64.6 Å². The fourth-order valence-corrected chi connectivity index (χ4v) is 4.60. The third-order valence-corrected chi connectivity index (χ3v) is 6.83. The lowest BCUT2D eigenvalue weighted by atomic mass is 9.92. The maximum Gasteiger partial charge on any atom is 0.295 e. The summed E-state index contributed by atoms with van der Waals surface area (Å²) in [6.45, 7) is 17.0. The van der Waals surface area contributed by atoms with E-state index in [0.29, 0.717) is 36.9 Å². The standard InChI is InChI=1S/C30H38N2O4/c1-7-18-36-24-14-15-25(21(6)19-24)28(33)26-27(23-12-10-22(11-13-23)20(4)5)32(30(35)29(26)34)17-16-31(8-2)9-3/h7,10-15,19-20,27,33H,1,8-9,16-18H2,2-6H3/b28-26+. The summed E-state index contributed by atoms with van der Waals surface area (Å²) in [6.07, 6.45) is 1.66. The van der Waals surface area contributed by atoms with E-state index in [-0.39, 0.29) is 11.3 Å². The summed E-state index contributed by atoms with van der Waals surface area (Å²) in [4.78, 5) is 30.4. The summed E-state index contributed by atoms with van der Waals surface area (Å²) in [5.74, 6) is -0.395. The van der Waals surface area contributed by atoms with Gasteiger partial charge in [-0.05, 0) is 60.8 Å². The van der Waals surface area contributed by atoms with E-state index in [1.54, 1.807) is 29.2 Å². The first-order chi connectivity index (χ1) is 17.2. The Balaban J connectivity index is 2.09. The smallest absolute Gasteiger partial charge is 0.295 e. The van der Waals surface area contributed by atoms with Crippen LogP contribution >= 0.6 is 0 Å². The average molecular weight is 491 g/mol. The monoisotopic (exact) mass is 490 g/mol. The molecule has 1 heterocycles. The third-order valence-electron chi connectivity index (χ3n) is 6.83. The topological polar surface area (TPSA) is 70.1 Å². The van der Waals surface area contributed by atoms with E-state index in [1.165, 1.54) is 5.56 Å². The van der Waals surface area contributed by atoms with Gasteiger partial charge in [0.05, 0.1) is 11.6 Å².